The molecule has 2 fully saturated rings. The fourth-order valence-electron chi connectivity index (χ4n) is 5.00. The molecule has 0 aliphatic carbocycles. The van der Waals surface area contributed by atoms with E-state index in [2.05, 4.69) is 20.9 Å². The van der Waals surface area contributed by atoms with Crippen molar-refractivity contribution in [2.45, 2.75) is 62.7 Å². The third-order valence-corrected chi connectivity index (χ3v) is 6.93. The van der Waals surface area contributed by atoms with E-state index in [4.69, 9.17) is 11.5 Å². The number of hydrogen-bond donors (Lipinski definition) is 6. The van der Waals surface area contributed by atoms with Gasteiger partial charge in [0, 0.05) is 36.5 Å². The first kappa shape index (κ1) is 26.6. The molecule has 8 N–H and O–H groups in total. The summed E-state index contributed by atoms with van der Waals surface area (Å²) < 4.78 is 0. The molecule has 0 unspecified atom stereocenters. The number of aromatic amines is 1. The number of hydrogen-bond acceptors (Lipinski definition) is 6. The highest BCUT2D eigenvalue weighted by Gasteiger charge is 2.40. The Hall–Kier alpha value is -4.42. The van der Waals surface area contributed by atoms with Crippen molar-refractivity contribution in [1.82, 2.24) is 25.8 Å². The molecular weight excluding hydrogens is 494 g/mol. The van der Waals surface area contributed by atoms with Crippen LogP contribution in [0.4, 0.5) is 0 Å². The molecule has 2 aliphatic rings. The van der Waals surface area contributed by atoms with Gasteiger partial charge in [-0.1, -0.05) is 18.2 Å². The Morgan fingerprint density at radius 3 is 2.45 bits per heavy atom. The fraction of sp³-hybridized carbons (Fsp3) is 0.440. The van der Waals surface area contributed by atoms with Crippen LogP contribution in [-0.4, -0.2) is 76.0 Å². The molecule has 2 aromatic rings. The van der Waals surface area contributed by atoms with E-state index in [1.165, 1.54) is 4.90 Å². The summed E-state index contributed by atoms with van der Waals surface area (Å²) in [5, 5.41) is 8.57. The molecule has 13 nitrogen and oxygen atoms in total. The number of amides is 6. The summed E-state index contributed by atoms with van der Waals surface area (Å²) in [5.74, 6) is -3.64. The highest BCUT2D eigenvalue weighted by atomic mass is 16.2. The molecule has 2 aliphatic heterocycles. The summed E-state index contributed by atoms with van der Waals surface area (Å²) in [4.78, 5) is 78.9. The number of carbonyl (C=O) groups is 6. The van der Waals surface area contributed by atoms with E-state index < -0.39 is 60.1 Å². The van der Waals surface area contributed by atoms with Gasteiger partial charge in [-0.15, -0.1) is 0 Å². The van der Waals surface area contributed by atoms with E-state index in [1.54, 1.807) is 6.20 Å². The van der Waals surface area contributed by atoms with Crippen LogP contribution in [0.2, 0.25) is 0 Å². The maximum atomic E-state index is 13.4. The quantitative estimate of drug-likeness (QED) is 0.213. The molecule has 1 aromatic heterocycles. The van der Waals surface area contributed by atoms with E-state index in [-0.39, 0.29) is 31.7 Å². The van der Waals surface area contributed by atoms with Crippen LogP contribution in [0.15, 0.2) is 30.5 Å². The molecule has 38 heavy (non-hydrogen) atoms. The Labute approximate surface area is 218 Å². The number of primary amides is 2. The Kier molecular flexibility index (Phi) is 7.93. The van der Waals surface area contributed by atoms with E-state index in [1.807, 2.05) is 24.3 Å². The van der Waals surface area contributed by atoms with Crippen LogP contribution in [0, 0.1) is 0 Å². The minimum atomic E-state index is -1.30. The van der Waals surface area contributed by atoms with E-state index >= 15 is 0 Å². The van der Waals surface area contributed by atoms with Gasteiger partial charge in [-0.2, -0.15) is 0 Å². The second-order valence-electron chi connectivity index (χ2n) is 9.61. The summed E-state index contributed by atoms with van der Waals surface area (Å²) in [7, 11) is 0. The molecule has 6 amide bonds. The number of para-hydroxylation sites is 1. The lowest BCUT2D eigenvalue weighted by molar-refractivity contribution is -0.143. The Balaban J connectivity index is 1.45. The first-order valence-corrected chi connectivity index (χ1v) is 12.5. The number of nitrogens with zero attached hydrogens (tertiary/aromatic N) is 1. The van der Waals surface area contributed by atoms with Crippen molar-refractivity contribution in [3.63, 3.8) is 0 Å². The summed E-state index contributed by atoms with van der Waals surface area (Å²) in [6.45, 7) is 0.214. The average molecular weight is 526 g/mol. The Bertz CT molecular complexity index is 1270. The molecular formula is C25H31N7O6. The first-order valence-electron chi connectivity index (χ1n) is 12.5. The van der Waals surface area contributed by atoms with Crippen LogP contribution < -0.4 is 27.4 Å². The zero-order valence-electron chi connectivity index (χ0n) is 20.7. The number of nitrogens with one attached hydrogen (secondary N) is 4. The molecule has 13 heteroatoms. The van der Waals surface area contributed by atoms with Gasteiger partial charge >= 0.3 is 0 Å². The van der Waals surface area contributed by atoms with Crippen molar-refractivity contribution >= 4 is 46.3 Å². The number of benzene rings is 1. The Morgan fingerprint density at radius 1 is 1.03 bits per heavy atom. The van der Waals surface area contributed by atoms with Gasteiger partial charge in [0.25, 0.3) is 0 Å². The van der Waals surface area contributed by atoms with Gasteiger partial charge in [-0.05, 0) is 30.9 Å². The van der Waals surface area contributed by atoms with Crippen LogP contribution in [0.3, 0.4) is 0 Å². The molecule has 0 bridgehead atoms. The molecule has 1 aromatic carbocycles. The van der Waals surface area contributed by atoms with Crippen LogP contribution in [0.25, 0.3) is 10.9 Å². The molecule has 3 heterocycles. The zero-order chi connectivity index (χ0) is 27.4. The number of likely N-dealkylation sites (tertiary alicyclic amines) is 1. The highest BCUT2D eigenvalue weighted by molar-refractivity contribution is 5.98. The van der Waals surface area contributed by atoms with Crippen LogP contribution in [0.5, 0.6) is 0 Å². The molecule has 0 radical (unpaired) electrons. The van der Waals surface area contributed by atoms with Crippen molar-refractivity contribution in [3.8, 4) is 0 Å². The van der Waals surface area contributed by atoms with Gasteiger partial charge in [0.2, 0.25) is 35.4 Å². The van der Waals surface area contributed by atoms with Crippen molar-refractivity contribution in [1.29, 1.82) is 0 Å². The molecule has 0 spiro atoms. The lowest BCUT2D eigenvalue weighted by atomic mass is 10.0. The number of fused-ring (bicyclic) bond motifs is 1. The molecule has 4 rings (SSSR count). The largest absolute Gasteiger partial charge is 0.370 e. The number of aromatic nitrogens is 1. The molecule has 4 atom stereocenters. The van der Waals surface area contributed by atoms with E-state index in [9.17, 15) is 28.8 Å². The number of H-pyrrole nitrogens is 1. The summed E-state index contributed by atoms with van der Waals surface area (Å²) in [6.07, 6.45) is 2.71. The third-order valence-electron chi connectivity index (χ3n) is 6.93. The van der Waals surface area contributed by atoms with Gasteiger partial charge in [-0.25, -0.2) is 0 Å². The van der Waals surface area contributed by atoms with Crippen molar-refractivity contribution < 1.29 is 28.8 Å². The summed E-state index contributed by atoms with van der Waals surface area (Å²) >= 11 is 0. The number of nitrogens with two attached hydrogens (primary N) is 2. The number of carbonyl (C=O) groups excluding carboxylic acids is 6. The average Bonchev–Trinajstić information content (AvgIpc) is 3.62. The van der Waals surface area contributed by atoms with Crippen molar-refractivity contribution in [2.24, 2.45) is 11.5 Å². The van der Waals surface area contributed by atoms with E-state index in [0.29, 0.717) is 12.8 Å². The summed E-state index contributed by atoms with van der Waals surface area (Å²) in [6, 6.07) is 3.45. The lowest BCUT2D eigenvalue weighted by Gasteiger charge is -2.29. The molecule has 0 saturated carbocycles. The van der Waals surface area contributed by atoms with Gasteiger partial charge in [0.15, 0.2) is 0 Å². The lowest BCUT2D eigenvalue weighted by Crippen LogP contribution is -2.58. The number of rotatable bonds is 10. The predicted molar refractivity (Wildman–Crippen MR) is 135 cm³/mol. The van der Waals surface area contributed by atoms with Crippen LogP contribution in [0.1, 0.15) is 37.7 Å². The smallest absolute Gasteiger partial charge is 0.246 e. The van der Waals surface area contributed by atoms with Gasteiger partial charge in [0.1, 0.15) is 24.2 Å². The van der Waals surface area contributed by atoms with Gasteiger partial charge in [0.05, 0.1) is 6.42 Å². The third kappa shape index (κ3) is 5.93. The fourth-order valence-corrected chi connectivity index (χ4v) is 5.00. The molecule has 202 valence electrons. The maximum Gasteiger partial charge on any atom is 0.246 e. The van der Waals surface area contributed by atoms with Crippen LogP contribution in [-0.2, 0) is 35.2 Å². The van der Waals surface area contributed by atoms with Gasteiger partial charge in [-0.3, -0.25) is 28.8 Å². The van der Waals surface area contributed by atoms with Crippen molar-refractivity contribution in [3.05, 3.63) is 36.0 Å². The minimum absolute atomic E-state index is 0.152. The zero-order valence-corrected chi connectivity index (χ0v) is 20.7. The first-order chi connectivity index (χ1) is 18.1. The topological polar surface area (TPSA) is 210 Å². The SMILES string of the molecule is NC(=O)C[C@H](NC(=O)[C@@H]1CCC(=O)N1)C(=O)N1CCC[C@H]1C(=O)N[C@H](Cc1c[nH]c2ccccc12)C(N)=O. The predicted octanol–water partition coefficient (Wildman–Crippen LogP) is -1.69. The maximum absolute atomic E-state index is 13.4. The van der Waals surface area contributed by atoms with E-state index in [0.717, 1.165) is 16.5 Å². The standard InChI is InChI=1S/C25H31N7O6/c26-20(33)11-18(31-23(36)16-7-8-21(34)29-16)25(38)32-9-3-6-19(32)24(37)30-17(22(27)35)10-13-12-28-15-5-2-1-4-14(13)15/h1-2,4-5,12,16-19,28H,3,6-11H2,(H2,26,33)(H2,27,35)(H,29,34)(H,30,37)(H,31,36)/t16-,17+,18-,19-/m0/s1. The minimum Gasteiger partial charge on any atom is -0.370 e. The highest BCUT2D eigenvalue weighted by Crippen LogP contribution is 2.22. The second kappa shape index (κ2) is 11.3. The van der Waals surface area contributed by atoms with Crippen LogP contribution >= 0.6 is 0 Å². The monoisotopic (exact) mass is 525 g/mol. The normalized spacial score (nSPS) is 20.5. The summed E-state index contributed by atoms with van der Waals surface area (Å²) in [5.41, 5.74) is 12.6. The van der Waals surface area contributed by atoms with Crippen molar-refractivity contribution in [2.75, 3.05) is 6.54 Å². The Morgan fingerprint density at radius 2 is 1.76 bits per heavy atom. The molecule has 2 saturated heterocycles. The van der Waals surface area contributed by atoms with Gasteiger partial charge < -0.3 is 37.3 Å². The second-order valence-corrected chi connectivity index (χ2v) is 9.61.